The number of nitrogens with zero attached hydrogens (tertiary/aromatic N) is 1. The van der Waals surface area contributed by atoms with E-state index in [2.05, 4.69) is 29.2 Å². The van der Waals surface area contributed by atoms with Crippen molar-refractivity contribution in [1.82, 2.24) is 4.57 Å². The molecule has 0 fully saturated rings. The molecule has 0 N–H and O–H groups in total. The second-order valence-corrected chi connectivity index (χ2v) is 6.98. The van der Waals surface area contributed by atoms with Crippen molar-refractivity contribution in [2.75, 3.05) is 0 Å². The van der Waals surface area contributed by atoms with Gasteiger partial charge in [-0.05, 0) is 52.8 Å². The van der Waals surface area contributed by atoms with Crippen molar-refractivity contribution in [3.63, 3.8) is 0 Å². The molecule has 3 rings (SSSR count). The number of aromatic nitrogens is 1. The van der Waals surface area contributed by atoms with Crippen molar-refractivity contribution in [3.05, 3.63) is 52.4 Å². The third-order valence-electron chi connectivity index (χ3n) is 3.47. The van der Waals surface area contributed by atoms with E-state index in [-0.39, 0.29) is 11.3 Å². The molecule has 2 aromatic rings. The van der Waals surface area contributed by atoms with Gasteiger partial charge in [-0.1, -0.05) is 12.6 Å². The SMILES string of the molecule is C=c1s/c(=C2\C(=O)Cc3ccc(I)cc32)c(=O)n1CC. The first-order valence-electron chi connectivity index (χ1n) is 6.27. The molecule has 102 valence electrons. The Morgan fingerprint density at radius 2 is 2.15 bits per heavy atom. The maximum absolute atomic E-state index is 12.4. The molecule has 0 saturated carbocycles. The highest BCUT2D eigenvalue weighted by atomic mass is 127. The molecule has 1 aliphatic rings. The van der Waals surface area contributed by atoms with E-state index in [1.807, 2.05) is 25.1 Å². The summed E-state index contributed by atoms with van der Waals surface area (Å²) >= 11 is 3.54. The molecular weight excluding hydrogens is 385 g/mol. The molecule has 0 saturated heterocycles. The number of ketones is 1. The van der Waals surface area contributed by atoms with Crippen molar-refractivity contribution < 1.29 is 4.79 Å². The summed E-state index contributed by atoms with van der Waals surface area (Å²) in [5, 5.41) is 0. The molecule has 1 aromatic carbocycles. The van der Waals surface area contributed by atoms with Crippen LogP contribution in [0.2, 0.25) is 0 Å². The fraction of sp³-hybridized carbons (Fsp3) is 0.200. The molecular formula is C15H12INO2S. The van der Waals surface area contributed by atoms with Gasteiger partial charge in [-0.15, -0.1) is 11.3 Å². The number of benzene rings is 1. The number of carbonyl (C=O) groups is 1. The summed E-state index contributed by atoms with van der Waals surface area (Å²) in [6.45, 7) is 6.38. The van der Waals surface area contributed by atoms with Crippen LogP contribution in [-0.4, -0.2) is 10.4 Å². The lowest BCUT2D eigenvalue weighted by molar-refractivity contribution is -0.112. The van der Waals surface area contributed by atoms with Crippen molar-refractivity contribution in [1.29, 1.82) is 0 Å². The van der Waals surface area contributed by atoms with Gasteiger partial charge in [0.1, 0.15) is 4.53 Å². The quantitative estimate of drug-likeness (QED) is 0.680. The Bertz CT molecular complexity index is 892. The highest BCUT2D eigenvalue weighted by Crippen LogP contribution is 2.28. The van der Waals surface area contributed by atoms with Gasteiger partial charge < -0.3 is 0 Å². The minimum absolute atomic E-state index is 0.0311. The smallest absolute Gasteiger partial charge is 0.269 e. The number of hydrogen-bond acceptors (Lipinski definition) is 3. The molecule has 0 spiro atoms. The van der Waals surface area contributed by atoms with E-state index in [0.29, 0.717) is 27.7 Å². The van der Waals surface area contributed by atoms with Crippen molar-refractivity contribution in [2.24, 2.45) is 0 Å². The zero-order chi connectivity index (χ0) is 14.4. The zero-order valence-electron chi connectivity index (χ0n) is 10.9. The van der Waals surface area contributed by atoms with E-state index in [9.17, 15) is 9.59 Å². The van der Waals surface area contributed by atoms with Gasteiger partial charge in [-0.25, -0.2) is 0 Å². The average molecular weight is 397 g/mol. The molecule has 0 unspecified atom stereocenters. The van der Waals surface area contributed by atoms with Crippen LogP contribution in [0.1, 0.15) is 18.1 Å². The summed E-state index contributed by atoms with van der Waals surface area (Å²) in [6, 6.07) is 5.94. The fourth-order valence-corrected chi connectivity index (χ4v) is 4.10. The van der Waals surface area contributed by atoms with E-state index in [4.69, 9.17) is 0 Å². The molecule has 0 aliphatic heterocycles. The standard InChI is InChI=1S/C15H12INO2S/c1-3-17-8(2)20-14(15(17)19)13-11-7-10(16)5-4-9(11)6-12(13)18/h4-5,7H,2-3,6H2,1H3/b14-13-. The van der Waals surface area contributed by atoms with E-state index in [0.717, 1.165) is 14.7 Å². The highest BCUT2D eigenvalue weighted by Gasteiger charge is 2.27. The van der Waals surface area contributed by atoms with E-state index in [1.54, 1.807) is 4.57 Å². The minimum Gasteiger partial charge on any atom is -0.300 e. The third kappa shape index (κ3) is 2.00. The van der Waals surface area contributed by atoms with Gasteiger partial charge in [-0.2, -0.15) is 0 Å². The monoisotopic (exact) mass is 397 g/mol. The van der Waals surface area contributed by atoms with Gasteiger partial charge in [0.05, 0.1) is 4.66 Å². The first-order chi connectivity index (χ1) is 9.52. The number of thiazole rings is 1. The molecule has 0 atom stereocenters. The van der Waals surface area contributed by atoms with Crippen molar-refractivity contribution in [3.8, 4) is 0 Å². The summed E-state index contributed by atoms with van der Waals surface area (Å²) in [6.07, 6.45) is 0.386. The molecule has 1 aliphatic carbocycles. The lowest BCUT2D eigenvalue weighted by atomic mass is 10.1. The van der Waals surface area contributed by atoms with Crippen LogP contribution in [0.4, 0.5) is 0 Å². The van der Waals surface area contributed by atoms with Gasteiger partial charge in [0.2, 0.25) is 0 Å². The first-order valence-corrected chi connectivity index (χ1v) is 8.17. The van der Waals surface area contributed by atoms with Gasteiger partial charge in [0, 0.05) is 22.1 Å². The fourth-order valence-electron chi connectivity index (χ4n) is 2.53. The molecule has 1 aromatic heterocycles. The number of halogens is 1. The Balaban J connectivity index is 2.45. The largest absolute Gasteiger partial charge is 0.300 e. The van der Waals surface area contributed by atoms with Crippen LogP contribution in [0.5, 0.6) is 0 Å². The van der Waals surface area contributed by atoms with Gasteiger partial charge in [0.25, 0.3) is 5.56 Å². The van der Waals surface area contributed by atoms with E-state index >= 15 is 0 Å². The average Bonchev–Trinajstić information content (AvgIpc) is 2.85. The third-order valence-corrected chi connectivity index (χ3v) is 5.18. The second-order valence-electron chi connectivity index (χ2n) is 4.65. The van der Waals surface area contributed by atoms with Crippen molar-refractivity contribution >= 4 is 51.9 Å². The molecule has 5 heteroatoms. The van der Waals surface area contributed by atoms with Crippen LogP contribution in [0.3, 0.4) is 0 Å². The summed E-state index contributed by atoms with van der Waals surface area (Å²) < 4.78 is 3.91. The van der Waals surface area contributed by atoms with Crippen LogP contribution in [0.15, 0.2) is 23.0 Å². The second kappa shape index (κ2) is 4.96. The highest BCUT2D eigenvalue weighted by molar-refractivity contribution is 14.1. The maximum Gasteiger partial charge on any atom is 0.269 e. The Labute approximate surface area is 133 Å². The summed E-state index contributed by atoms with van der Waals surface area (Å²) in [5.41, 5.74) is 2.39. The van der Waals surface area contributed by atoms with Gasteiger partial charge in [-0.3, -0.25) is 14.2 Å². The summed E-state index contributed by atoms with van der Waals surface area (Å²) in [7, 11) is 0. The Morgan fingerprint density at radius 1 is 1.40 bits per heavy atom. The maximum atomic E-state index is 12.4. The number of rotatable bonds is 1. The number of carbonyl (C=O) groups excluding carboxylic acids is 1. The summed E-state index contributed by atoms with van der Waals surface area (Å²) in [5.74, 6) is 0.0311. The van der Waals surface area contributed by atoms with Crippen LogP contribution >= 0.6 is 33.9 Å². The van der Waals surface area contributed by atoms with E-state index in [1.165, 1.54) is 11.3 Å². The molecule has 0 radical (unpaired) electrons. The Hall–Kier alpha value is -1.21. The zero-order valence-corrected chi connectivity index (χ0v) is 13.9. The van der Waals surface area contributed by atoms with Crippen molar-refractivity contribution in [2.45, 2.75) is 19.9 Å². The van der Waals surface area contributed by atoms with Gasteiger partial charge >= 0.3 is 0 Å². The van der Waals surface area contributed by atoms with Crippen LogP contribution < -0.4 is 14.8 Å². The molecule has 3 nitrogen and oxygen atoms in total. The van der Waals surface area contributed by atoms with Crippen LogP contribution in [0.25, 0.3) is 12.2 Å². The molecule has 0 bridgehead atoms. The predicted octanol–water partition coefficient (Wildman–Crippen LogP) is 1.27. The lowest BCUT2D eigenvalue weighted by Gasteiger charge is -1.99. The minimum atomic E-state index is -0.0995. The van der Waals surface area contributed by atoms with E-state index < -0.39 is 0 Å². The summed E-state index contributed by atoms with van der Waals surface area (Å²) in [4.78, 5) is 24.7. The molecule has 1 heterocycles. The first kappa shape index (κ1) is 13.8. The van der Waals surface area contributed by atoms with Crippen LogP contribution in [0, 0.1) is 3.57 Å². The molecule has 20 heavy (non-hydrogen) atoms. The van der Waals surface area contributed by atoms with Gasteiger partial charge in [0.15, 0.2) is 5.78 Å². The van der Waals surface area contributed by atoms with Crippen LogP contribution in [-0.2, 0) is 17.8 Å². The number of fused-ring (bicyclic) bond motifs is 1. The Kier molecular flexibility index (Phi) is 3.41. The number of Topliss-reactive ketones (excluding diaryl/α,β-unsaturated/α-hetero) is 1. The topological polar surface area (TPSA) is 39.1 Å². The lowest BCUT2D eigenvalue weighted by Crippen LogP contribution is -2.32. The molecule has 0 amide bonds. The normalized spacial score (nSPS) is 16.6. The predicted molar refractivity (Wildman–Crippen MR) is 89.4 cm³/mol. The number of hydrogen-bond donors (Lipinski definition) is 0. The Morgan fingerprint density at radius 3 is 2.80 bits per heavy atom.